The summed E-state index contributed by atoms with van der Waals surface area (Å²) in [4.78, 5) is 33.3. The number of ether oxygens (including phenoxy) is 2. The number of hydrogen-bond acceptors (Lipinski definition) is 5. The molecular formula is C24H23ClN2O4. The number of anilines is 1. The highest BCUT2D eigenvalue weighted by atomic mass is 35.5. The third kappa shape index (κ3) is 3.30. The lowest BCUT2D eigenvalue weighted by Crippen LogP contribution is -2.41. The molecule has 0 bridgehead atoms. The second kappa shape index (κ2) is 7.68. The van der Waals surface area contributed by atoms with Crippen molar-refractivity contribution in [3.05, 3.63) is 65.1 Å². The van der Waals surface area contributed by atoms with Crippen molar-refractivity contribution in [2.24, 2.45) is 5.92 Å². The van der Waals surface area contributed by atoms with E-state index in [4.69, 9.17) is 21.1 Å². The van der Waals surface area contributed by atoms with E-state index in [1.165, 1.54) is 0 Å². The van der Waals surface area contributed by atoms with E-state index in [2.05, 4.69) is 4.98 Å². The Morgan fingerprint density at radius 3 is 2.61 bits per heavy atom. The van der Waals surface area contributed by atoms with E-state index >= 15 is 0 Å². The van der Waals surface area contributed by atoms with Gasteiger partial charge in [-0.3, -0.25) is 14.5 Å². The predicted molar refractivity (Wildman–Crippen MR) is 116 cm³/mol. The Kier molecular flexibility index (Phi) is 4.97. The van der Waals surface area contributed by atoms with Gasteiger partial charge >= 0.3 is 0 Å². The molecule has 31 heavy (non-hydrogen) atoms. The topological polar surface area (TPSA) is 68.7 Å². The molecule has 2 aromatic rings. The molecule has 4 unspecified atom stereocenters. The second-order valence-corrected chi connectivity index (χ2v) is 8.89. The van der Waals surface area contributed by atoms with Crippen LogP contribution in [0, 0.1) is 12.8 Å². The van der Waals surface area contributed by atoms with Gasteiger partial charge in [0.05, 0.1) is 24.6 Å². The number of amides is 1. The molecule has 1 saturated carbocycles. The summed E-state index contributed by atoms with van der Waals surface area (Å²) in [6.45, 7) is 1.87. The monoisotopic (exact) mass is 438 g/mol. The van der Waals surface area contributed by atoms with Crippen LogP contribution in [-0.4, -0.2) is 35.3 Å². The summed E-state index contributed by atoms with van der Waals surface area (Å²) in [7, 11) is 1.60. The molecular weight excluding hydrogens is 416 g/mol. The van der Waals surface area contributed by atoms with Crippen LogP contribution in [0.2, 0.25) is 0 Å². The number of aromatic nitrogens is 1. The fourth-order valence-corrected chi connectivity index (χ4v) is 5.13. The molecule has 0 radical (unpaired) electrons. The Morgan fingerprint density at radius 1 is 1.13 bits per heavy atom. The van der Waals surface area contributed by atoms with Crippen LogP contribution >= 0.6 is 11.6 Å². The van der Waals surface area contributed by atoms with Crippen molar-refractivity contribution in [2.75, 3.05) is 12.0 Å². The van der Waals surface area contributed by atoms with E-state index in [0.29, 0.717) is 30.0 Å². The summed E-state index contributed by atoms with van der Waals surface area (Å²) in [5.41, 5.74) is 2.00. The van der Waals surface area contributed by atoms with E-state index in [0.717, 1.165) is 17.7 Å². The number of fused-ring (bicyclic) bond motifs is 1. The summed E-state index contributed by atoms with van der Waals surface area (Å²) in [6.07, 6.45) is 1.71. The summed E-state index contributed by atoms with van der Waals surface area (Å²) in [5.74, 6) is 0.660. The zero-order valence-corrected chi connectivity index (χ0v) is 18.1. The van der Waals surface area contributed by atoms with Gasteiger partial charge in [-0.05, 0) is 56.0 Å². The molecule has 6 nitrogen and oxygen atoms in total. The summed E-state index contributed by atoms with van der Waals surface area (Å²) in [6, 6.07) is 12.3. The zero-order valence-electron chi connectivity index (χ0n) is 17.4. The Labute approximate surface area is 185 Å². The third-order valence-corrected chi connectivity index (χ3v) is 6.73. The molecule has 3 heterocycles. The van der Waals surface area contributed by atoms with Crippen LogP contribution in [0.25, 0.3) is 0 Å². The van der Waals surface area contributed by atoms with E-state index in [1.54, 1.807) is 18.1 Å². The number of aryl methyl sites for hydroxylation is 1. The number of benzene rings is 1. The first kappa shape index (κ1) is 20.1. The third-order valence-electron chi connectivity index (χ3n) is 6.34. The predicted octanol–water partition coefficient (Wildman–Crippen LogP) is 4.12. The molecule has 1 aromatic carbocycles. The Hall–Kier alpha value is -2.86. The molecule has 1 fully saturated rings. The number of methoxy groups -OCH3 is 1. The largest absolute Gasteiger partial charge is 0.497 e. The number of Topliss-reactive ketones (excluding diaryl/α,β-unsaturated/α-hetero) is 1. The van der Waals surface area contributed by atoms with Crippen LogP contribution in [0.15, 0.2) is 53.8 Å². The molecule has 4 atom stereocenters. The van der Waals surface area contributed by atoms with E-state index in [9.17, 15) is 9.59 Å². The number of hydrogen-bond donors (Lipinski definition) is 0. The van der Waals surface area contributed by atoms with Gasteiger partial charge in [0, 0.05) is 11.1 Å². The number of ketones is 1. The molecule has 0 spiro atoms. The number of nitrogens with zero attached hydrogens (tertiary/aromatic N) is 2. The maximum atomic E-state index is 13.7. The number of rotatable bonds is 3. The number of alkyl halides is 1. The van der Waals surface area contributed by atoms with E-state index < -0.39 is 6.04 Å². The van der Waals surface area contributed by atoms with Gasteiger partial charge < -0.3 is 9.47 Å². The number of carbonyl (C=O) groups is 2. The molecule has 1 aromatic heterocycles. The molecule has 5 rings (SSSR count). The molecule has 160 valence electrons. The zero-order chi connectivity index (χ0) is 21.7. The minimum Gasteiger partial charge on any atom is -0.497 e. The van der Waals surface area contributed by atoms with Gasteiger partial charge in [-0.1, -0.05) is 18.2 Å². The minimum atomic E-state index is -0.605. The SMILES string of the molecule is COc1ccc(C2C3=C(OC4CCC(Cl)CC4C3=O)C(=O)N2c2cccc(C)n2)cc1. The van der Waals surface area contributed by atoms with Crippen molar-refractivity contribution < 1.29 is 19.1 Å². The van der Waals surface area contributed by atoms with E-state index in [1.807, 2.05) is 43.3 Å². The lowest BCUT2D eigenvalue weighted by Gasteiger charge is -2.37. The quantitative estimate of drug-likeness (QED) is 0.674. The smallest absolute Gasteiger partial charge is 0.295 e. The van der Waals surface area contributed by atoms with Gasteiger partial charge in [-0.25, -0.2) is 4.98 Å². The van der Waals surface area contributed by atoms with Crippen LogP contribution < -0.4 is 9.64 Å². The van der Waals surface area contributed by atoms with E-state index in [-0.39, 0.29) is 34.8 Å². The van der Waals surface area contributed by atoms with Crippen molar-refractivity contribution in [3.63, 3.8) is 0 Å². The van der Waals surface area contributed by atoms with Gasteiger partial charge in [0.1, 0.15) is 17.7 Å². The molecule has 0 N–H and O–H groups in total. The normalized spacial score (nSPS) is 27.6. The maximum absolute atomic E-state index is 13.7. The Morgan fingerprint density at radius 2 is 1.90 bits per heavy atom. The van der Waals surface area contributed by atoms with Crippen LogP contribution in [-0.2, 0) is 14.3 Å². The molecule has 0 saturated heterocycles. The van der Waals surface area contributed by atoms with Gasteiger partial charge in [-0.2, -0.15) is 0 Å². The first-order valence-electron chi connectivity index (χ1n) is 10.5. The molecule has 2 aliphatic heterocycles. The molecule has 7 heteroatoms. The average molecular weight is 439 g/mol. The minimum absolute atomic E-state index is 0.0408. The van der Waals surface area contributed by atoms with Gasteiger partial charge in [0.15, 0.2) is 11.5 Å². The number of carbonyl (C=O) groups excluding carboxylic acids is 2. The maximum Gasteiger partial charge on any atom is 0.295 e. The van der Waals surface area contributed by atoms with Gasteiger partial charge in [0.25, 0.3) is 5.91 Å². The second-order valence-electron chi connectivity index (χ2n) is 8.27. The van der Waals surface area contributed by atoms with Crippen molar-refractivity contribution >= 4 is 29.1 Å². The highest BCUT2D eigenvalue weighted by Gasteiger charge is 2.53. The van der Waals surface area contributed by atoms with Crippen LogP contribution in [0.4, 0.5) is 5.82 Å². The molecule has 3 aliphatic rings. The summed E-state index contributed by atoms with van der Waals surface area (Å²) >= 11 is 6.38. The van der Waals surface area contributed by atoms with Crippen LogP contribution in [0.3, 0.4) is 0 Å². The Balaban J connectivity index is 1.64. The van der Waals surface area contributed by atoms with Crippen molar-refractivity contribution in [1.29, 1.82) is 0 Å². The lowest BCUT2D eigenvalue weighted by atomic mass is 9.77. The highest BCUT2D eigenvalue weighted by molar-refractivity contribution is 6.21. The number of halogens is 1. The van der Waals surface area contributed by atoms with Crippen LogP contribution in [0.5, 0.6) is 5.75 Å². The average Bonchev–Trinajstić information content (AvgIpc) is 3.07. The first-order chi connectivity index (χ1) is 15.0. The summed E-state index contributed by atoms with van der Waals surface area (Å²) in [5, 5.41) is -0.0537. The van der Waals surface area contributed by atoms with Gasteiger partial charge in [0.2, 0.25) is 0 Å². The number of pyridine rings is 1. The fraction of sp³-hybridized carbons (Fsp3) is 0.375. The first-order valence-corrected chi connectivity index (χ1v) is 10.9. The summed E-state index contributed by atoms with van der Waals surface area (Å²) < 4.78 is 11.5. The van der Waals surface area contributed by atoms with Crippen molar-refractivity contribution in [2.45, 2.75) is 43.7 Å². The highest BCUT2D eigenvalue weighted by Crippen LogP contribution is 2.48. The Bertz CT molecular complexity index is 1080. The fourth-order valence-electron chi connectivity index (χ4n) is 4.82. The van der Waals surface area contributed by atoms with Crippen LogP contribution in [0.1, 0.15) is 36.6 Å². The molecule has 1 aliphatic carbocycles. The standard InChI is InChI=1S/C24H23ClN2O4/c1-13-4-3-5-19(26-13)27-21(14-6-9-16(30-2)10-7-14)20-22(28)17-12-15(25)8-11-18(17)31-23(20)24(27)29/h3-7,9-10,15,17-18,21H,8,11-12H2,1-2H3. The van der Waals surface area contributed by atoms with Crippen molar-refractivity contribution in [1.82, 2.24) is 4.98 Å². The lowest BCUT2D eigenvalue weighted by molar-refractivity contribution is -0.131. The molecule has 1 amide bonds. The van der Waals surface area contributed by atoms with Crippen molar-refractivity contribution in [3.8, 4) is 5.75 Å². The van der Waals surface area contributed by atoms with Gasteiger partial charge in [-0.15, -0.1) is 11.6 Å².